The quantitative estimate of drug-likeness (QED) is 0.238. The van der Waals surface area contributed by atoms with Crippen LogP contribution in [0.1, 0.15) is 0 Å². The minimum Gasteiger partial charge on any atom is -0.394 e. The maximum Gasteiger partial charge on any atom is 0.219 e. The van der Waals surface area contributed by atoms with Crippen molar-refractivity contribution in [3.8, 4) is 0 Å². The van der Waals surface area contributed by atoms with E-state index in [1.54, 1.807) is 0 Å². The first-order valence-corrected chi connectivity index (χ1v) is 7.04. The third-order valence-corrected chi connectivity index (χ3v) is 4.00. The number of hydrogen-bond acceptors (Lipinski definition) is 11. The van der Waals surface area contributed by atoms with E-state index in [1.165, 1.54) is 0 Å². The molecule has 136 valence electrons. The van der Waals surface area contributed by atoms with Gasteiger partial charge in [0.1, 0.15) is 49.3 Å². The van der Waals surface area contributed by atoms with Crippen molar-refractivity contribution in [3.05, 3.63) is 0 Å². The van der Waals surface area contributed by atoms with Crippen molar-refractivity contribution in [2.75, 3.05) is 19.8 Å². The Hall–Kier alpha value is -0.440. The van der Waals surface area contributed by atoms with Crippen molar-refractivity contribution in [2.24, 2.45) is 0 Å². The summed E-state index contributed by atoms with van der Waals surface area (Å²) in [5.41, 5.74) is 0. The highest BCUT2D eigenvalue weighted by atomic mass is 16.7. The van der Waals surface area contributed by atoms with Crippen molar-refractivity contribution in [3.63, 3.8) is 0 Å². The number of ether oxygens (including phenoxy) is 3. The van der Waals surface area contributed by atoms with Crippen LogP contribution in [0.5, 0.6) is 0 Å². The van der Waals surface area contributed by atoms with Gasteiger partial charge in [-0.05, 0) is 0 Å². The number of rotatable bonds is 5. The van der Waals surface area contributed by atoms with Crippen molar-refractivity contribution < 1.29 is 55.1 Å². The topological polar surface area (TPSA) is 190 Å². The Morgan fingerprint density at radius 1 is 0.826 bits per heavy atom. The lowest BCUT2D eigenvalue weighted by Crippen LogP contribution is -2.60. The molecular formula is C12H22O11. The number of aliphatic hydroxyl groups excluding tert-OH is 7. The second kappa shape index (κ2) is 7.21. The zero-order chi connectivity index (χ0) is 17.4. The first-order valence-electron chi connectivity index (χ1n) is 7.04. The summed E-state index contributed by atoms with van der Waals surface area (Å²) >= 11 is 0. The molecular weight excluding hydrogens is 320 g/mol. The minimum absolute atomic E-state index is 0.652. The zero-order valence-electron chi connectivity index (χ0n) is 12.0. The monoisotopic (exact) mass is 342 g/mol. The van der Waals surface area contributed by atoms with Crippen molar-refractivity contribution in [2.45, 2.75) is 54.8 Å². The van der Waals surface area contributed by atoms with E-state index in [0.29, 0.717) is 0 Å². The van der Waals surface area contributed by atoms with Crippen LogP contribution in [0, 0.1) is 0 Å². The van der Waals surface area contributed by atoms with Crippen LogP contribution in [0.15, 0.2) is 0 Å². The fourth-order valence-corrected chi connectivity index (χ4v) is 2.54. The molecule has 23 heavy (non-hydrogen) atoms. The summed E-state index contributed by atoms with van der Waals surface area (Å²) in [6.07, 6.45) is -12.2. The van der Waals surface area contributed by atoms with Crippen molar-refractivity contribution >= 4 is 0 Å². The molecule has 0 spiro atoms. The molecule has 0 bridgehead atoms. The fourth-order valence-electron chi connectivity index (χ4n) is 2.54. The molecule has 11 nitrogen and oxygen atoms in total. The molecule has 11 heteroatoms. The summed E-state index contributed by atoms with van der Waals surface area (Å²) in [6.45, 7) is -2.08. The highest BCUT2D eigenvalue weighted by Crippen LogP contribution is 2.31. The van der Waals surface area contributed by atoms with E-state index in [9.17, 15) is 30.6 Å². The van der Waals surface area contributed by atoms with Gasteiger partial charge in [-0.15, -0.1) is 0 Å². The summed E-state index contributed by atoms with van der Waals surface area (Å²) in [4.78, 5) is 0. The van der Waals surface area contributed by atoms with Crippen molar-refractivity contribution in [1.29, 1.82) is 0 Å². The summed E-state index contributed by atoms with van der Waals surface area (Å²) in [5, 5.41) is 76.5. The summed E-state index contributed by atoms with van der Waals surface area (Å²) in [7, 11) is 0. The predicted octanol–water partition coefficient (Wildman–Crippen LogP) is -5.40. The molecule has 0 unspecified atom stereocenters. The highest BCUT2D eigenvalue weighted by Gasteiger charge is 2.54. The number of hydrogen-bond donors (Lipinski definition) is 8. The summed E-state index contributed by atoms with van der Waals surface area (Å²) in [5.74, 6) is -2.37. The van der Waals surface area contributed by atoms with Crippen LogP contribution in [0.3, 0.4) is 0 Å². The molecule has 2 fully saturated rings. The van der Waals surface area contributed by atoms with E-state index in [4.69, 9.17) is 24.4 Å². The molecule has 2 aliphatic heterocycles. The molecule has 0 aromatic heterocycles. The van der Waals surface area contributed by atoms with E-state index >= 15 is 0 Å². The molecule has 8 N–H and O–H groups in total. The molecule has 0 aliphatic carbocycles. The Labute approximate surface area is 130 Å². The normalized spacial score (nSPS) is 51.1. The molecule has 0 saturated carbocycles. The Balaban J connectivity index is 1.99. The maximum absolute atomic E-state index is 10.1. The van der Waals surface area contributed by atoms with Gasteiger partial charge < -0.3 is 55.1 Å². The van der Waals surface area contributed by atoms with Crippen LogP contribution >= 0.6 is 0 Å². The summed E-state index contributed by atoms with van der Waals surface area (Å²) in [6, 6.07) is 0. The smallest absolute Gasteiger partial charge is 0.219 e. The van der Waals surface area contributed by atoms with Gasteiger partial charge in [-0.25, -0.2) is 0 Å². The lowest BCUT2D eigenvalue weighted by Gasteiger charge is -2.40. The molecule has 2 rings (SSSR count). The summed E-state index contributed by atoms with van der Waals surface area (Å²) < 4.78 is 15.1. The Morgan fingerprint density at radius 2 is 1.43 bits per heavy atom. The van der Waals surface area contributed by atoms with Gasteiger partial charge in [0.25, 0.3) is 0 Å². The molecule has 0 amide bonds. The Bertz CT molecular complexity index is 393. The van der Waals surface area contributed by atoms with E-state index in [0.717, 1.165) is 0 Å². The predicted molar refractivity (Wildman–Crippen MR) is 68.6 cm³/mol. The molecule has 0 radical (unpaired) electrons. The third kappa shape index (κ3) is 3.50. The van der Waals surface area contributed by atoms with Gasteiger partial charge in [0.2, 0.25) is 5.79 Å². The standard InChI is InChI=1S/C12H22O11/c13-1-4-6(15)8(17)9(18)11(22-4)21-3-12(20)10(19)7(16)5(2-14)23-12/h4-11,13-20H,1-3H2/t4-,5-,6-,7-,8+,9-,10+,11+,12-/m1/s1. The first kappa shape index (κ1) is 18.9. The van der Waals surface area contributed by atoms with Crippen molar-refractivity contribution in [1.82, 2.24) is 0 Å². The van der Waals surface area contributed by atoms with Gasteiger partial charge >= 0.3 is 0 Å². The average molecular weight is 342 g/mol. The van der Waals surface area contributed by atoms with E-state index in [-0.39, 0.29) is 0 Å². The second-order valence-electron chi connectivity index (χ2n) is 5.63. The van der Waals surface area contributed by atoms with Crippen LogP contribution < -0.4 is 0 Å². The van der Waals surface area contributed by atoms with Gasteiger partial charge in [0, 0.05) is 0 Å². The lowest BCUT2D eigenvalue weighted by atomic mass is 9.99. The van der Waals surface area contributed by atoms with Crippen LogP contribution in [0.4, 0.5) is 0 Å². The highest BCUT2D eigenvalue weighted by molar-refractivity contribution is 4.96. The van der Waals surface area contributed by atoms with E-state index in [2.05, 4.69) is 0 Å². The molecule has 0 aromatic rings. The van der Waals surface area contributed by atoms with Crippen LogP contribution in [0.25, 0.3) is 0 Å². The lowest BCUT2D eigenvalue weighted by molar-refractivity contribution is -0.332. The first-order chi connectivity index (χ1) is 10.7. The Morgan fingerprint density at radius 3 is 1.96 bits per heavy atom. The SMILES string of the molecule is OC[C@H]1O[C@](O)(CO[C@H]2O[C@H](CO)[C@@H](O)[C@H](O)[C@H]2O)[C@@H](O)[C@@H]1O. The molecule has 9 atom stereocenters. The van der Waals surface area contributed by atoms with E-state index in [1.807, 2.05) is 0 Å². The largest absolute Gasteiger partial charge is 0.394 e. The van der Waals surface area contributed by atoms with Crippen LogP contribution in [-0.4, -0.2) is 115 Å². The average Bonchev–Trinajstić information content (AvgIpc) is 2.76. The fraction of sp³-hybridized carbons (Fsp3) is 1.00. The molecule has 2 aliphatic rings. The van der Waals surface area contributed by atoms with Crippen LogP contribution in [0.2, 0.25) is 0 Å². The third-order valence-electron chi connectivity index (χ3n) is 4.00. The molecule has 2 heterocycles. The zero-order valence-corrected chi connectivity index (χ0v) is 12.0. The van der Waals surface area contributed by atoms with Gasteiger partial charge in [-0.1, -0.05) is 0 Å². The number of aliphatic hydroxyl groups is 8. The Kier molecular flexibility index (Phi) is 5.92. The molecule has 0 aromatic carbocycles. The van der Waals surface area contributed by atoms with E-state index < -0.39 is 74.6 Å². The van der Waals surface area contributed by atoms with Gasteiger partial charge in [0.15, 0.2) is 6.29 Å². The van der Waals surface area contributed by atoms with Crippen LogP contribution in [-0.2, 0) is 14.2 Å². The maximum atomic E-state index is 10.1. The second-order valence-corrected chi connectivity index (χ2v) is 5.63. The molecule has 2 saturated heterocycles. The van der Waals surface area contributed by atoms with Gasteiger partial charge in [-0.2, -0.15) is 0 Å². The minimum atomic E-state index is -2.37. The van der Waals surface area contributed by atoms with Gasteiger partial charge in [0.05, 0.1) is 13.2 Å². The van der Waals surface area contributed by atoms with Gasteiger partial charge in [-0.3, -0.25) is 0 Å².